The van der Waals surface area contributed by atoms with Gasteiger partial charge in [-0.2, -0.15) is 5.10 Å². The lowest BCUT2D eigenvalue weighted by atomic mass is 10.0. The third-order valence-electron chi connectivity index (χ3n) is 3.57. The van der Waals surface area contributed by atoms with Crippen LogP contribution in [0.1, 0.15) is 29.9 Å². The van der Waals surface area contributed by atoms with E-state index in [0.29, 0.717) is 0 Å². The zero-order chi connectivity index (χ0) is 14.1. The van der Waals surface area contributed by atoms with E-state index in [-0.39, 0.29) is 6.04 Å². The molecular weight excluding hydrogens is 268 g/mol. The van der Waals surface area contributed by atoms with E-state index >= 15 is 0 Å². The Morgan fingerprint density at radius 3 is 3.00 bits per heavy atom. The van der Waals surface area contributed by atoms with Crippen molar-refractivity contribution in [3.63, 3.8) is 0 Å². The molecule has 0 aliphatic rings. The average Bonchev–Trinajstić information content (AvgIpc) is 3.04. The van der Waals surface area contributed by atoms with E-state index in [9.17, 15) is 0 Å². The standard InChI is InChI=1S/C15H18N4S/c1-3-11-7-12(19(2)18-11)8-13(16)10-6-15-14(17-9-10)4-5-20-15/h4-7,9,13H,3,8,16H2,1-2H3. The van der Waals surface area contributed by atoms with Crippen molar-refractivity contribution >= 4 is 21.6 Å². The van der Waals surface area contributed by atoms with E-state index in [0.717, 1.165) is 29.6 Å². The molecule has 3 aromatic heterocycles. The minimum atomic E-state index is -0.0471. The number of hydrogen-bond donors (Lipinski definition) is 1. The van der Waals surface area contributed by atoms with Gasteiger partial charge in [0.05, 0.1) is 15.9 Å². The van der Waals surface area contributed by atoms with Crippen LogP contribution in [0.2, 0.25) is 0 Å². The Balaban J connectivity index is 1.84. The van der Waals surface area contributed by atoms with Crippen molar-refractivity contribution in [2.75, 3.05) is 0 Å². The summed E-state index contributed by atoms with van der Waals surface area (Å²) in [6, 6.07) is 6.27. The number of rotatable bonds is 4. The van der Waals surface area contributed by atoms with Crippen molar-refractivity contribution < 1.29 is 0 Å². The second-order valence-corrected chi connectivity index (χ2v) is 5.94. The lowest BCUT2D eigenvalue weighted by Crippen LogP contribution is -2.15. The van der Waals surface area contributed by atoms with Crippen LogP contribution in [-0.2, 0) is 19.9 Å². The number of hydrogen-bond acceptors (Lipinski definition) is 4. The molecule has 1 atom stereocenters. The Bertz CT molecular complexity index is 728. The quantitative estimate of drug-likeness (QED) is 0.802. The molecule has 0 radical (unpaired) electrons. The molecule has 0 aliphatic carbocycles. The largest absolute Gasteiger partial charge is 0.324 e. The molecule has 104 valence electrons. The summed E-state index contributed by atoms with van der Waals surface area (Å²) in [5, 5.41) is 6.52. The summed E-state index contributed by atoms with van der Waals surface area (Å²) in [5.74, 6) is 0. The SMILES string of the molecule is CCc1cc(CC(N)c2cnc3ccsc3c2)n(C)n1. The first-order chi connectivity index (χ1) is 9.67. The number of nitrogens with zero attached hydrogens (tertiary/aromatic N) is 3. The lowest BCUT2D eigenvalue weighted by Gasteiger charge is -2.11. The Kier molecular flexibility index (Phi) is 3.54. The summed E-state index contributed by atoms with van der Waals surface area (Å²) in [5.41, 5.74) is 10.7. The zero-order valence-corrected chi connectivity index (χ0v) is 12.5. The van der Waals surface area contributed by atoms with E-state index in [2.05, 4.69) is 34.5 Å². The number of fused-ring (bicyclic) bond motifs is 1. The van der Waals surface area contributed by atoms with Crippen molar-refractivity contribution in [3.05, 3.63) is 46.7 Å². The topological polar surface area (TPSA) is 56.7 Å². The smallest absolute Gasteiger partial charge is 0.0809 e. The fourth-order valence-electron chi connectivity index (χ4n) is 2.34. The average molecular weight is 286 g/mol. The molecule has 0 bridgehead atoms. The van der Waals surface area contributed by atoms with Gasteiger partial charge in [0.15, 0.2) is 0 Å². The number of aryl methyl sites for hydroxylation is 2. The van der Waals surface area contributed by atoms with Crippen LogP contribution in [0.15, 0.2) is 29.8 Å². The molecule has 2 N–H and O–H groups in total. The van der Waals surface area contributed by atoms with Gasteiger partial charge < -0.3 is 5.73 Å². The maximum absolute atomic E-state index is 6.33. The lowest BCUT2D eigenvalue weighted by molar-refractivity contribution is 0.637. The van der Waals surface area contributed by atoms with Crippen molar-refractivity contribution in [1.29, 1.82) is 0 Å². The minimum Gasteiger partial charge on any atom is -0.324 e. The third-order valence-corrected chi connectivity index (χ3v) is 4.42. The highest BCUT2D eigenvalue weighted by Crippen LogP contribution is 2.23. The first-order valence-corrected chi connectivity index (χ1v) is 7.66. The highest BCUT2D eigenvalue weighted by Gasteiger charge is 2.12. The summed E-state index contributed by atoms with van der Waals surface area (Å²) < 4.78 is 3.12. The molecule has 4 nitrogen and oxygen atoms in total. The van der Waals surface area contributed by atoms with Crippen LogP contribution < -0.4 is 5.73 Å². The Morgan fingerprint density at radius 2 is 2.25 bits per heavy atom. The van der Waals surface area contributed by atoms with Gasteiger partial charge in [-0.3, -0.25) is 9.67 Å². The van der Waals surface area contributed by atoms with Gasteiger partial charge >= 0.3 is 0 Å². The van der Waals surface area contributed by atoms with Gasteiger partial charge in [0, 0.05) is 31.4 Å². The third kappa shape index (κ3) is 2.46. The Hall–Kier alpha value is -1.72. The van der Waals surface area contributed by atoms with E-state index in [1.165, 1.54) is 10.4 Å². The number of nitrogens with two attached hydrogens (primary N) is 1. The Labute approximate surface area is 122 Å². The van der Waals surface area contributed by atoms with Crippen molar-refractivity contribution in [3.8, 4) is 0 Å². The Morgan fingerprint density at radius 1 is 1.40 bits per heavy atom. The fourth-order valence-corrected chi connectivity index (χ4v) is 3.13. The molecule has 1 unspecified atom stereocenters. The zero-order valence-electron chi connectivity index (χ0n) is 11.7. The molecule has 0 saturated carbocycles. The maximum atomic E-state index is 6.33. The summed E-state index contributed by atoms with van der Waals surface area (Å²) in [7, 11) is 1.97. The number of aromatic nitrogens is 3. The molecule has 3 heterocycles. The molecule has 0 fully saturated rings. The molecule has 5 heteroatoms. The predicted molar refractivity (Wildman–Crippen MR) is 82.8 cm³/mol. The molecule has 3 rings (SSSR count). The molecule has 0 saturated heterocycles. The van der Waals surface area contributed by atoms with Crippen LogP contribution in [0.4, 0.5) is 0 Å². The highest BCUT2D eigenvalue weighted by atomic mass is 32.1. The maximum Gasteiger partial charge on any atom is 0.0809 e. The van der Waals surface area contributed by atoms with Crippen LogP contribution >= 0.6 is 11.3 Å². The van der Waals surface area contributed by atoms with Gasteiger partial charge in [0.1, 0.15) is 0 Å². The summed E-state index contributed by atoms with van der Waals surface area (Å²) in [4.78, 5) is 4.46. The van der Waals surface area contributed by atoms with Crippen molar-refractivity contribution in [1.82, 2.24) is 14.8 Å². The molecular formula is C15H18N4S. The molecule has 20 heavy (non-hydrogen) atoms. The number of thiophene rings is 1. The minimum absolute atomic E-state index is 0.0471. The van der Waals surface area contributed by atoms with Crippen LogP contribution in [0.3, 0.4) is 0 Å². The normalized spacial score (nSPS) is 12.9. The molecule has 0 aromatic carbocycles. The van der Waals surface area contributed by atoms with E-state index in [1.807, 2.05) is 24.0 Å². The second-order valence-electron chi connectivity index (χ2n) is 4.99. The van der Waals surface area contributed by atoms with E-state index in [4.69, 9.17) is 5.73 Å². The fraction of sp³-hybridized carbons (Fsp3) is 0.333. The molecule has 0 amide bonds. The molecule has 0 spiro atoms. The molecule has 3 aromatic rings. The van der Waals surface area contributed by atoms with Crippen molar-refractivity contribution in [2.24, 2.45) is 12.8 Å². The summed E-state index contributed by atoms with van der Waals surface area (Å²) >= 11 is 1.70. The second kappa shape index (κ2) is 5.34. The molecule has 0 aliphatic heterocycles. The van der Waals surface area contributed by atoms with Gasteiger partial charge in [0.2, 0.25) is 0 Å². The highest BCUT2D eigenvalue weighted by molar-refractivity contribution is 7.17. The van der Waals surface area contributed by atoms with Gasteiger partial charge in [0.25, 0.3) is 0 Å². The van der Waals surface area contributed by atoms with Gasteiger partial charge in [-0.15, -0.1) is 11.3 Å². The van der Waals surface area contributed by atoms with Crippen LogP contribution in [0.5, 0.6) is 0 Å². The van der Waals surface area contributed by atoms with E-state index < -0.39 is 0 Å². The first-order valence-electron chi connectivity index (χ1n) is 6.78. The first kappa shape index (κ1) is 13.3. The number of pyridine rings is 1. The van der Waals surface area contributed by atoms with E-state index in [1.54, 1.807) is 11.3 Å². The van der Waals surface area contributed by atoms with Crippen LogP contribution in [0.25, 0.3) is 10.2 Å². The summed E-state index contributed by atoms with van der Waals surface area (Å²) in [6.45, 7) is 2.11. The van der Waals surface area contributed by atoms with Gasteiger partial charge in [-0.25, -0.2) is 0 Å². The monoisotopic (exact) mass is 286 g/mol. The summed E-state index contributed by atoms with van der Waals surface area (Å²) in [6.07, 6.45) is 3.62. The van der Waals surface area contributed by atoms with Gasteiger partial charge in [-0.05, 0) is 35.6 Å². The van der Waals surface area contributed by atoms with Crippen LogP contribution in [-0.4, -0.2) is 14.8 Å². The van der Waals surface area contributed by atoms with Gasteiger partial charge in [-0.1, -0.05) is 6.92 Å². The van der Waals surface area contributed by atoms with Crippen LogP contribution in [0, 0.1) is 0 Å². The predicted octanol–water partition coefficient (Wildman–Crippen LogP) is 2.83. The van der Waals surface area contributed by atoms with Crippen molar-refractivity contribution in [2.45, 2.75) is 25.8 Å².